The molecule has 8 heteroatoms. The van der Waals surface area contributed by atoms with Crippen molar-refractivity contribution in [1.82, 2.24) is 5.32 Å². The fourth-order valence-electron chi connectivity index (χ4n) is 2.59. The zero-order valence-electron chi connectivity index (χ0n) is 14.7. The largest absolute Gasteiger partial charge is 0.478 e. The van der Waals surface area contributed by atoms with E-state index in [1.807, 2.05) is 35.6 Å². The minimum absolute atomic E-state index is 0.0784. The highest BCUT2D eigenvalue weighted by atomic mass is 127. The van der Waals surface area contributed by atoms with Crippen molar-refractivity contribution in [1.29, 1.82) is 5.26 Å². The van der Waals surface area contributed by atoms with E-state index in [-0.39, 0.29) is 12.2 Å². The first kappa shape index (κ1) is 19.6. The lowest BCUT2D eigenvalue weighted by Gasteiger charge is -2.26. The topological polar surface area (TPSA) is 99.5 Å². The SMILES string of the molecule is Cc1ccc(N2C(=O)NC(=O)/C(=C\c3ccc(OCC#N)c(I)c3)C2=O)cc1. The molecule has 2 aromatic carbocycles. The number of aryl methyl sites for hydroxylation is 1. The highest BCUT2D eigenvalue weighted by Gasteiger charge is 2.36. The van der Waals surface area contributed by atoms with Crippen molar-refractivity contribution >= 4 is 52.2 Å². The predicted molar refractivity (Wildman–Crippen MR) is 110 cm³/mol. The van der Waals surface area contributed by atoms with Crippen LogP contribution in [0.15, 0.2) is 48.0 Å². The molecule has 2 aromatic rings. The molecule has 0 radical (unpaired) electrons. The first-order valence-electron chi connectivity index (χ1n) is 8.18. The number of nitriles is 1. The third-order valence-corrected chi connectivity index (χ3v) is 4.80. The lowest BCUT2D eigenvalue weighted by Crippen LogP contribution is -2.54. The lowest BCUT2D eigenvalue weighted by molar-refractivity contribution is -0.122. The van der Waals surface area contributed by atoms with Gasteiger partial charge in [-0.05, 0) is 65.4 Å². The summed E-state index contributed by atoms with van der Waals surface area (Å²) in [7, 11) is 0. The molecule has 1 N–H and O–H groups in total. The van der Waals surface area contributed by atoms with E-state index in [1.54, 1.807) is 42.5 Å². The Labute approximate surface area is 174 Å². The number of urea groups is 1. The van der Waals surface area contributed by atoms with Crippen LogP contribution in [0.5, 0.6) is 5.75 Å². The molecule has 7 nitrogen and oxygen atoms in total. The maximum Gasteiger partial charge on any atom is 0.335 e. The van der Waals surface area contributed by atoms with Crippen LogP contribution in [-0.2, 0) is 9.59 Å². The maximum atomic E-state index is 12.8. The summed E-state index contributed by atoms with van der Waals surface area (Å²) in [6, 6.07) is 13.0. The molecule has 1 fully saturated rings. The summed E-state index contributed by atoms with van der Waals surface area (Å²) in [6.07, 6.45) is 1.42. The Balaban J connectivity index is 1.94. The summed E-state index contributed by atoms with van der Waals surface area (Å²) in [6.45, 7) is 1.81. The number of halogens is 1. The number of barbiturate groups is 1. The van der Waals surface area contributed by atoms with Gasteiger partial charge in [0.15, 0.2) is 6.61 Å². The molecule has 4 amide bonds. The Hall–Kier alpha value is -3.19. The Bertz CT molecular complexity index is 1040. The number of anilines is 1. The summed E-state index contributed by atoms with van der Waals surface area (Å²) in [5, 5.41) is 10.8. The molecule has 1 saturated heterocycles. The van der Waals surface area contributed by atoms with Crippen LogP contribution in [0.4, 0.5) is 10.5 Å². The van der Waals surface area contributed by atoms with Crippen LogP contribution in [0.3, 0.4) is 0 Å². The van der Waals surface area contributed by atoms with E-state index in [1.165, 1.54) is 6.08 Å². The van der Waals surface area contributed by atoms with Gasteiger partial charge >= 0.3 is 6.03 Å². The number of nitrogens with zero attached hydrogens (tertiary/aromatic N) is 2. The number of amides is 4. The van der Waals surface area contributed by atoms with Gasteiger partial charge in [-0.2, -0.15) is 5.26 Å². The fraction of sp³-hybridized carbons (Fsp3) is 0.100. The van der Waals surface area contributed by atoms with E-state index >= 15 is 0 Å². The molecule has 0 bridgehead atoms. The number of hydrogen-bond acceptors (Lipinski definition) is 5. The van der Waals surface area contributed by atoms with Crippen LogP contribution in [-0.4, -0.2) is 24.5 Å². The van der Waals surface area contributed by atoms with Gasteiger partial charge in [0.1, 0.15) is 17.4 Å². The van der Waals surface area contributed by atoms with E-state index in [0.717, 1.165) is 14.0 Å². The third kappa shape index (κ3) is 4.04. The molecule has 1 heterocycles. The molecule has 0 saturated carbocycles. The van der Waals surface area contributed by atoms with E-state index in [2.05, 4.69) is 5.32 Å². The zero-order chi connectivity index (χ0) is 20.3. The van der Waals surface area contributed by atoms with Gasteiger partial charge in [0.2, 0.25) is 0 Å². The Morgan fingerprint density at radius 1 is 1.18 bits per heavy atom. The van der Waals surface area contributed by atoms with Gasteiger partial charge in [0, 0.05) is 0 Å². The highest BCUT2D eigenvalue weighted by Crippen LogP contribution is 2.25. The van der Waals surface area contributed by atoms with Crippen molar-refractivity contribution < 1.29 is 19.1 Å². The summed E-state index contributed by atoms with van der Waals surface area (Å²) in [5.74, 6) is -0.921. The fourth-order valence-corrected chi connectivity index (χ4v) is 3.28. The van der Waals surface area contributed by atoms with Gasteiger partial charge in [-0.3, -0.25) is 14.9 Å². The predicted octanol–water partition coefficient (Wildman–Crippen LogP) is 3.17. The third-order valence-electron chi connectivity index (χ3n) is 3.95. The molecule has 0 atom stereocenters. The minimum atomic E-state index is -0.786. The number of rotatable bonds is 4. The van der Waals surface area contributed by atoms with Crippen LogP contribution in [0.25, 0.3) is 6.08 Å². The smallest absolute Gasteiger partial charge is 0.335 e. The van der Waals surface area contributed by atoms with Gasteiger partial charge in [-0.1, -0.05) is 23.8 Å². The molecule has 140 valence electrons. The Morgan fingerprint density at radius 3 is 2.54 bits per heavy atom. The van der Waals surface area contributed by atoms with Crippen LogP contribution in [0, 0.1) is 21.8 Å². The molecule has 1 aliphatic heterocycles. The van der Waals surface area contributed by atoms with Crippen molar-refractivity contribution in [2.45, 2.75) is 6.92 Å². The van der Waals surface area contributed by atoms with Crippen molar-refractivity contribution in [3.05, 3.63) is 62.7 Å². The Kier molecular flexibility index (Phi) is 5.75. The number of carbonyl (C=O) groups excluding carboxylic acids is 3. The molecule has 0 unspecified atom stereocenters. The van der Waals surface area contributed by atoms with E-state index in [9.17, 15) is 14.4 Å². The number of hydrogen-bond donors (Lipinski definition) is 1. The normalized spacial score (nSPS) is 15.4. The van der Waals surface area contributed by atoms with E-state index in [4.69, 9.17) is 10.00 Å². The van der Waals surface area contributed by atoms with Crippen molar-refractivity contribution in [2.75, 3.05) is 11.5 Å². The molecule has 3 rings (SSSR count). The molecule has 28 heavy (non-hydrogen) atoms. The summed E-state index contributed by atoms with van der Waals surface area (Å²) < 4.78 is 6.00. The summed E-state index contributed by atoms with van der Waals surface area (Å²) in [5.41, 5.74) is 1.79. The Morgan fingerprint density at radius 2 is 1.89 bits per heavy atom. The monoisotopic (exact) mass is 487 g/mol. The second kappa shape index (κ2) is 8.22. The molecular formula is C20H14IN3O4. The molecule has 0 aromatic heterocycles. The van der Waals surface area contributed by atoms with Gasteiger partial charge < -0.3 is 4.74 Å². The average Bonchev–Trinajstić information content (AvgIpc) is 2.66. The number of imide groups is 2. The maximum absolute atomic E-state index is 12.8. The van der Waals surface area contributed by atoms with Crippen molar-refractivity contribution in [3.8, 4) is 11.8 Å². The van der Waals surface area contributed by atoms with Crippen LogP contribution >= 0.6 is 22.6 Å². The van der Waals surface area contributed by atoms with Gasteiger partial charge in [-0.25, -0.2) is 9.69 Å². The van der Waals surface area contributed by atoms with Crippen LogP contribution in [0.2, 0.25) is 0 Å². The first-order chi connectivity index (χ1) is 13.4. The molecular weight excluding hydrogens is 473 g/mol. The summed E-state index contributed by atoms with van der Waals surface area (Å²) in [4.78, 5) is 38.2. The number of ether oxygens (including phenoxy) is 1. The van der Waals surface area contributed by atoms with E-state index in [0.29, 0.717) is 17.0 Å². The van der Waals surface area contributed by atoms with E-state index < -0.39 is 17.8 Å². The second-order valence-corrected chi connectivity index (χ2v) is 7.09. The molecule has 0 aliphatic carbocycles. The highest BCUT2D eigenvalue weighted by molar-refractivity contribution is 14.1. The molecule has 1 aliphatic rings. The second-order valence-electron chi connectivity index (χ2n) is 5.93. The molecule has 0 spiro atoms. The van der Waals surface area contributed by atoms with Crippen LogP contribution < -0.4 is 15.0 Å². The number of carbonyl (C=O) groups is 3. The lowest BCUT2D eigenvalue weighted by atomic mass is 10.1. The van der Waals surface area contributed by atoms with Crippen molar-refractivity contribution in [2.24, 2.45) is 0 Å². The quantitative estimate of drug-likeness (QED) is 0.406. The number of nitrogens with one attached hydrogen (secondary N) is 1. The van der Waals surface area contributed by atoms with Crippen LogP contribution in [0.1, 0.15) is 11.1 Å². The average molecular weight is 487 g/mol. The minimum Gasteiger partial charge on any atom is -0.478 e. The van der Waals surface area contributed by atoms with Gasteiger partial charge in [-0.15, -0.1) is 0 Å². The van der Waals surface area contributed by atoms with Gasteiger partial charge in [0.25, 0.3) is 11.8 Å². The van der Waals surface area contributed by atoms with Crippen molar-refractivity contribution in [3.63, 3.8) is 0 Å². The number of benzene rings is 2. The first-order valence-corrected chi connectivity index (χ1v) is 9.26. The zero-order valence-corrected chi connectivity index (χ0v) is 16.9. The standard InChI is InChI=1S/C20H14IN3O4/c1-12-2-5-14(6-3-12)24-19(26)15(18(25)23-20(24)27)10-13-4-7-17(16(21)11-13)28-9-8-22/h2-7,10-11H,9H2,1H3,(H,23,25,27)/b15-10+. The van der Waals surface area contributed by atoms with Gasteiger partial charge in [0.05, 0.1) is 9.26 Å². The summed E-state index contributed by atoms with van der Waals surface area (Å²) >= 11 is 2.04.